The number of carbonyl (C=O) groups excluding carboxylic acids is 1. The number of aliphatic hydroxyl groups is 1. The molecule has 4 heteroatoms. The van der Waals surface area contributed by atoms with Crippen molar-refractivity contribution in [1.82, 2.24) is 4.90 Å². The molecular weight excluding hydrogens is 240 g/mol. The Morgan fingerprint density at radius 2 is 2.00 bits per heavy atom. The van der Waals surface area contributed by atoms with E-state index in [9.17, 15) is 9.90 Å². The first kappa shape index (κ1) is 12.6. The van der Waals surface area contributed by atoms with E-state index < -0.39 is 0 Å². The van der Waals surface area contributed by atoms with E-state index in [1.165, 1.54) is 5.56 Å². The number of benzene rings is 1. The SMILES string of the molecule is NC(=O)c1ccc(CN2CC3CCC(O)C3C2)cc1. The summed E-state index contributed by atoms with van der Waals surface area (Å²) in [5.41, 5.74) is 6.97. The number of nitrogens with zero attached hydrogens (tertiary/aromatic N) is 1. The first-order valence-corrected chi connectivity index (χ1v) is 6.92. The maximum atomic E-state index is 11.0. The number of likely N-dealkylation sites (tertiary alicyclic amines) is 1. The van der Waals surface area contributed by atoms with Gasteiger partial charge in [0.05, 0.1) is 6.10 Å². The Bertz CT molecular complexity index is 472. The predicted molar refractivity (Wildman–Crippen MR) is 72.5 cm³/mol. The largest absolute Gasteiger partial charge is 0.393 e. The van der Waals surface area contributed by atoms with Crippen molar-refractivity contribution in [2.75, 3.05) is 13.1 Å². The molecule has 0 aromatic heterocycles. The van der Waals surface area contributed by atoms with E-state index in [0.717, 1.165) is 32.5 Å². The Morgan fingerprint density at radius 3 is 2.63 bits per heavy atom. The van der Waals surface area contributed by atoms with Gasteiger partial charge in [0.15, 0.2) is 0 Å². The lowest BCUT2D eigenvalue weighted by Gasteiger charge is -2.18. The van der Waals surface area contributed by atoms with Gasteiger partial charge < -0.3 is 10.8 Å². The molecule has 3 unspecified atom stereocenters. The molecule has 1 heterocycles. The van der Waals surface area contributed by atoms with Crippen molar-refractivity contribution in [3.63, 3.8) is 0 Å². The standard InChI is InChI=1S/C15H20N2O2/c16-15(19)11-3-1-10(2-4-11)7-17-8-12-5-6-14(18)13(12)9-17/h1-4,12-14,18H,5-9H2,(H2,16,19). The summed E-state index contributed by atoms with van der Waals surface area (Å²) in [6.07, 6.45) is 2.02. The van der Waals surface area contributed by atoms with Crippen molar-refractivity contribution < 1.29 is 9.90 Å². The number of aliphatic hydroxyl groups excluding tert-OH is 1. The van der Waals surface area contributed by atoms with Crippen LogP contribution in [0.5, 0.6) is 0 Å². The molecule has 1 aromatic rings. The van der Waals surface area contributed by atoms with Crippen molar-refractivity contribution in [1.29, 1.82) is 0 Å². The molecule has 3 N–H and O–H groups in total. The molecule has 0 bridgehead atoms. The van der Waals surface area contributed by atoms with Gasteiger partial charge in [-0.25, -0.2) is 0 Å². The molecule has 1 aromatic carbocycles. The minimum Gasteiger partial charge on any atom is -0.393 e. The molecule has 0 radical (unpaired) electrons. The van der Waals surface area contributed by atoms with Gasteiger partial charge in [0.1, 0.15) is 0 Å². The van der Waals surface area contributed by atoms with E-state index in [1.54, 1.807) is 12.1 Å². The molecule has 3 atom stereocenters. The highest BCUT2D eigenvalue weighted by molar-refractivity contribution is 5.92. The fourth-order valence-corrected chi connectivity index (χ4v) is 3.49. The van der Waals surface area contributed by atoms with Crippen LogP contribution < -0.4 is 5.73 Å². The molecule has 3 rings (SSSR count). The second-order valence-electron chi connectivity index (χ2n) is 5.82. The van der Waals surface area contributed by atoms with Gasteiger partial charge in [-0.3, -0.25) is 9.69 Å². The lowest BCUT2D eigenvalue weighted by Crippen LogP contribution is -2.24. The number of nitrogens with two attached hydrogens (primary N) is 1. The molecule has 0 spiro atoms. The zero-order chi connectivity index (χ0) is 13.4. The lowest BCUT2D eigenvalue weighted by atomic mass is 10.00. The fourth-order valence-electron chi connectivity index (χ4n) is 3.49. The van der Waals surface area contributed by atoms with Gasteiger partial charge in [-0.15, -0.1) is 0 Å². The van der Waals surface area contributed by atoms with E-state index in [1.807, 2.05) is 12.1 Å². The van der Waals surface area contributed by atoms with Crippen LogP contribution in [-0.2, 0) is 6.54 Å². The Balaban J connectivity index is 1.62. The maximum Gasteiger partial charge on any atom is 0.248 e. The van der Waals surface area contributed by atoms with Gasteiger partial charge in [0, 0.05) is 31.1 Å². The highest BCUT2D eigenvalue weighted by atomic mass is 16.3. The van der Waals surface area contributed by atoms with E-state index in [4.69, 9.17) is 5.73 Å². The fraction of sp³-hybridized carbons (Fsp3) is 0.533. The van der Waals surface area contributed by atoms with Crippen molar-refractivity contribution in [2.45, 2.75) is 25.5 Å². The van der Waals surface area contributed by atoms with Gasteiger partial charge in [-0.2, -0.15) is 0 Å². The van der Waals surface area contributed by atoms with Gasteiger partial charge >= 0.3 is 0 Å². The second kappa shape index (κ2) is 4.94. The Labute approximate surface area is 113 Å². The summed E-state index contributed by atoms with van der Waals surface area (Å²) in [4.78, 5) is 13.4. The van der Waals surface area contributed by atoms with Gasteiger partial charge in [0.2, 0.25) is 5.91 Å². The van der Waals surface area contributed by atoms with Crippen LogP contribution in [0.15, 0.2) is 24.3 Å². The number of hydrogen-bond acceptors (Lipinski definition) is 3. The number of primary amides is 1. The van der Waals surface area contributed by atoms with E-state index in [2.05, 4.69) is 4.90 Å². The molecule has 2 fully saturated rings. The molecule has 1 aliphatic carbocycles. The van der Waals surface area contributed by atoms with Crippen LogP contribution >= 0.6 is 0 Å². The van der Waals surface area contributed by atoms with Gasteiger partial charge in [-0.05, 0) is 36.5 Å². The van der Waals surface area contributed by atoms with Crippen LogP contribution in [0, 0.1) is 11.8 Å². The zero-order valence-electron chi connectivity index (χ0n) is 11.0. The van der Waals surface area contributed by atoms with E-state index in [0.29, 0.717) is 17.4 Å². The lowest BCUT2D eigenvalue weighted by molar-refractivity contribution is 0.1000. The summed E-state index contributed by atoms with van der Waals surface area (Å²) in [5, 5.41) is 9.90. The quantitative estimate of drug-likeness (QED) is 0.851. The number of amides is 1. The van der Waals surface area contributed by atoms with Crippen molar-refractivity contribution in [2.24, 2.45) is 17.6 Å². The molecular formula is C15H20N2O2. The van der Waals surface area contributed by atoms with Crippen LogP contribution in [0.3, 0.4) is 0 Å². The molecule has 1 saturated carbocycles. The van der Waals surface area contributed by atoms with Crippen LogP contribution in [0.25, 0.3) is 0 Å². The van der Waals surface area contributed by atoms with Crippen molar-refractivity contribution >= 4 is 5.91 Å². The molecule has 1 aliphatic heterocycles. The second-order valence-corrected chi connectivity index (χ2v) is 5.82. The third kappa shape index (κ3) is 2.51. The first-order chi connectivity index (χ1) is 9.13. The zero-order valence-corrected chi connectivity index (χ0v) is 11.0. The number of fused-ring (bicyclic) bond motifs is 1. The number of hydrogen-bond donors (Lipinski definition) is 2. The van der Waals surface area contributed by atoms with Crippen LogP contribution in [0.2, 0.25) is 0 Å². The molecule has 19 heavy (non-hydrogen) atoms. The molecule has 1 amide bonds. The Kier molecular flexibility index (Phi) is 3.29. The Hall–Kier alpha value is -1.39. The summed E-state index contributed by atoms with van der Waals surface area (Å²) in [6.45, 7) is 2.96. The van der Waals surface area contributed by atoms with Crippen LogP contribution in [-0.4, -0.2) is 35.1 Å². The Morgan fingerprint density at radius 1 is 1.26 bits per heavy atom. The summed E-state index contributed by atoms with van der Waals surface area (Å²) in [7, 11) is 0. The molecule has 4 nitrogen and oxygen atoms in total. The summed E-state index contributed by atoms with van der Waals surface area (Å²) in [5.74, 6) is 0.746. The minimum atomic E-state index is -0.384. The molecule has 1 saturated heterocycles. The average Bonchev–Trinajstić information content (AvgIpc) is 2.93. The van der Waals surface area contributed by atoms with Gasteiger partial charge in [-0.1, -0.05) is 12.1 Å². The maximum absolute atomic E-state index is 11.0. The first-order valence-electron chi connectivity index (χ1n) is 6.92. The van der Waals surface area contributed by atoms with Gasteiger partial charge in [0.25, 0.3) is 0 Å². The van der Waals surface area contributed by atoms with E-state index >= 15 is 0 Å². The highest BCUT2D eigenvalue weighted by Crippen LogP contribution is 2.38. The summed E-state index contributed by atoms with van der Waals surface area (Å²) >= 11 is 0. The third-order valence-electron chi connectivity index (χ3n) is 4.54. The third-order valence-corrected chi connectivity index (χ3v) is 4.54. The summed E-state index contributed by atoms with van der Waals surface area (Å²) in [6, 6.07) is 7.49. The molecule has 2 aliphatic rings. The number of carbonyl (C=O) groups is 1. The average molecular weight is 260 g/mol. The van der Waals surface area contributed by atoms with Crippen LogP contribution in [0.1, 0.15) is 28.8 Å². The minimum absolute atomic E-state index is 0.104. The topological polar surface area (TPSA) is 66.6 Å². The summed E-state index contributed by atoms with van der Waals surface area (Å²) < 4.78 is 0. The monoisotopic (exact) mass is 260 g/mol. The van der Waals surface area contributed by atoms with E-state index in [-0.39, 0.29) is 12.0 Å². The highest BCUT2D eigenvalue weighted by Gasteiger charge is 2.41. The normalized spacial score (nSPS) is 30.5. The van der Waals surface area contributed by atoms with Crippen molar-refractivity contribution in [3.8, 4) is 0 Å². The van der Waals surface area contributed by atoms with Crippen molar-refractivity contribution in [3.05, 3.63) is 35.4 Å². The number of rotatable bonds is 3. The molecule has 102 valence electrons. The predicted octanol–water partition coefficient (Wildman–Crippen LogP) is 0.988. The van der Waals surface area contributed by atoms with Crippen LogP contribution in [0.4, 0.5) is 0 Å². The smallest absolute Gasteiger partial charge is 0.248 e.